The maximum atomic E-state index is 12.9. The van der Waals surface area contributed by atoms with E-state index in [1.807, 2.05) is 45.0 Å². The molecule has 0 fully saturated rings. The third kappa shape index (κ3) is 4.66. The minimum absolute atomic E-state index is 0.0907. The number of nitrogens with zero attached hydrogens (tertiary/aromatic N) is 4. The normalized spacial score (nSPS) is 12.7. The van der Waals surface area contributed by atoms with Gasteiger partial charge in [0.15, 0.2) is 11.5 Å². The number of fused-ring (bicyclic) bond motifs is 1. The number of imidazole rings is 1. The summed E-state index contributed by atoms with van der Waals surface area (Å²) in [5.74, 6) is 1.95. The fourth-order valence-corrected chi connectivity index (χ4v) is 3.25. The molecule has 0 aliphatic carbocycles. The molecule has 162 valence electrons. The van der Waals surface area contributed by atoms with Gasteiger partial charge in [-0.05, 0) is 44.5 Å². The standard InChI is InChI=1S/C22H26N6O3/c1-15-10-19(27-21(26-15)28-9-8-24-13-28)22(2,3)20(29)25-7-6-23-12-16-4-5-17-18(11-16)31-14-30-17/h4-5,8-11,13,23H,6-7,12,14H2,1-3H3,(H,25,29). The topological polar surface area (TPSA) is 103 Å². The van der Waals surface area contributed by atoms with Gasteiger partial charge in [0, 0.05) is 37.7 Å². The minimum Gasteiger partial charge on any atom is -0.454 e. The van der Waals surface area contributed by atoms with Gasteiger partial charge in [-0.25, -0.2) is 15.0 Å². The van der Waals surface area contributed by atoms with Crippen molar-refractivity contribution in [2.45, 2.75) is 32.7 Å². The molecule has 0 unspecified atom stereocenters. The number of carbonyl (C=O) groups excluding carboxylic acids is 1. The molecule has 0 saturated carbocycles. The summed E-state index contributed by atoms with van der Waals surface area (Å²) >= 11 is 0. The largest absolute Gasteiger partial charge is 0.454 e. The Kier molecular flexibility index (Phi) is 5.85. The van der Waals surface area contributed by atoms with Crippen molar-refractivity contribution >= 4 is 5.91 Å². The van der Waals surface area contributed by atoms with Gasteiger partial charge in [-0.3, -0.25) is 9.36 Å². The van der Waals surface area contributed by atoms with Crippen molar-refractivity contribution in [3.63, 3.8) is 0 Å². The van der Waals surface area contributed by atoms with Crippen LogP contribution in [0.5, 0.6) is 11.5 Å². The van der Waals surface area contributed by atoms with Crippen LogP contribution < -0.4 is 20.1 Å². The molecule has 31 heavy (non-hydrogen) atoms. The van der Waals surface area contributed by atoms with E-state index in [0.29, 0.717) is 31.3 Å². The van der Waals surface area contributed by atoms with Gasteiger partial charge in [0.25, 0.3) is 0 Å². The summed E-state index contributed by atoms with van der Waals surface area (Å²) in [5.41, 5.74) is 1.74. The predicted molar refractivity (Wildman–Crippen MR) is 114 cm³/mol. The van der Waals surface area contributed by atoms with Crippen molar-refractivity contribution in [1.82, 2.24) is 30.2 Å². The van der Waals surface area contributed by atoms with Gasteiger partial charge in [-0.1, -0.05) is 6.07 Å². The van der Waals surface area contributed by atoms with E-state index in [1.165, 1.54) is 0 Å². The first-order valence-electron chi connectivity index (χ1n) is 10.2. The Balaban J connectivity index is 1.31. The van der Waals surface area contributed by atoms with Gasteiger partial charge >= 0.3 is 0 Å². The van der Waals surface area contributed by atoms with Crippen LogP contribution >= 0.6 is 0 Å². The molecular formula is C22H26N6O3. The van der Waals surface area contributed by atoms with E-state index in [9.17, 15) is 4.79 Å². The van der Waals surface area contributed by atoms with E-state index in [2.05, 4.69) is 25.6 Å². The number of ether oxygens (including phenoxy) is 2. The van der Waals surface area contributed by atoms with Crippen LogP contribution in [0.25, 0.3) is 5.95 Å². The molecule has 9 heteroatoms. The number of aromatic nitrogens is 4. The molecule has 0 atom stereocenters. The Labute approximate surface area is 180 Å². The summed E-state index contributed by atoms with van der Waals surface area (Å²) in [4.78, 5) is 26.0. The van der Waals surface area contributed by atoms with Crippen LogP contribution in [0.15, 0.2) is 43.0 Å². The van der Waals surface area contributed by atoms with Gasteiger partial charge in [0.05, 0.1) is 11.1 Å². The molecule has 1 amide bonds. The number of hydrogen-bond donors (Lipinski definition) is 2. The van der Waals surface area contributed by atoms with Crippen LogP contribution in [0.2, 0.25) is 0 Å². The summed E-state index contributed by atoms with van der Waals surface area (Å²) in [6, 6.07) is 7.72. The van der Waals surface area contributed by atoms with Gasteiger partial charge in [0.2, 0.25) is 18.6 Å². The second kappa shape index (κ2) is 8.73. The highest BCUT2D eigenvalue weighted by molar-refractivity contribution is 5.86. The van der Waals surface area contributed by atoms with Gasteiger partial charge < -0.3 is 20.1 Å². The van der Waals surface area contributed by atoms with E-state index in [-0.39, 0.29) is 12.7 Å². The zero-order valence-electron chi connectivity index (χ0n) is 17.9. The smallest absolute Gasteiger partial charge is 0.235 e. The number of carbonyl (C=O) groups is 1. The van der Waals surface area contributed by atoms with Crippen LogP contribution in [0, 0.1) is 6.92 Å². The SMILES string of the molecule is Cc1cc(C(C)(C)C(=O)NCCNCc2ccc3c(c2)OCO3)nc(-n2ccnc2)n1. The zero-order chi connectivity index (χ0) is 21.8. The first kappa shape index (κ1) is 20.8. The van der Waals surface area contributed by atoms with E-state index in [4.69, 9.17) is 9.47 Å². The molecule has 2 aromatic heterocycles. The second-order valence-electron chi connectivity index (χ2n) is 7.91. The lowest BCUT2D eigenvalue weighted by atomic mass is 9.87. The van der Waals surface area contributed by atoms with Crippen molar-refractivity contribution in [3.8, 4) is 17.4 Å². The molecule has 1 aliphatic heterocycles. The fraction of sp³-hybridized carbons (Fsp3) is 0.364. The van der Waals surface area contributed by atoms with Crippen molar-refractivity contribution < 1.29 is 14.3 Å². The Bertz CT molecular complexity index is 1070. The first-order valence-corrected chi connectivity index (χ1v) is 10.2. The van der Waals surface area contributed by atoms with Crippen LogP contribution in [0.3, 0.4) is 0 Å². The Hall–Kier alpha value is -3.46. The predicted octanol–water partition coefficient (Wildman–Crippen LogP) is 1.88. The number of amides is 1. The minimum atomic E-state index is -0.805. The number of nitrogens with one attached hydrogen (secondary N) is 2. The van der Waals surface area contributed by atoms with E-state index in [1.54, 1.807) is 23.3 Å². The summed E-state index contributed by atoms with van der Waals surface area (Å²) in [6.07, 6.45) is 5.08. The lowest BCUT2D eigenvalue weighted by Gasteiger charge is -2.24. The third-order valence-corrected chi connectivity index (χ3v) is 5.14. The third-order valence-electron chi connectivity index (χ3n) is 5.14. The van der Waals surface area contributed by atoms with Crippen molar-refractivity contribution in [3.05, 3.63) is 59.9 Å². The zero-order valence-corrected chi connectivity index (χ0v) is 17.9. The first-order chi connectivity index (χ1) is 14.9. The van der Waals surface area contributed by atoms with Crippen LogP contribution in [-0.2, 0) is 16.8 Å². The highest BCUT2D eigenvalue weighted by Gasteiger charge is 2.32. The van der Waals surface area contributed by atoms with E-state index >= 15 is 0 Å². The van der Waals surface area contributed by atoms with Gasteiger partial charge in [-0.15, -0.1) is 0 Å². The molecule has 0 bridgehead atoms. The highest BCUT2D eigenvalue weighted by Crippen LogP contribution is 2.32. The maximum Gasteiger partial charge on any atom is 0.235 e. The molecule has 9 nitrogen and oxygen atoms in total. The molecule has 3 aromatic rings. The van der Waals surface area contributed by atoms with E-state index < -0.39 is 5.41 Å². The summed E-state index contributed by atoms with van der Waals surface area (Å²) < 4.78 is 12.4. The molecule has 0 spiro atoms. The lowest BCUT2D eigenvalue weighted by Crippen LogP contribution is -2.43. The Morgan fingerprint density at radius 3 is 2.81 bits per heavy atom. The summed E-state index contributed by atoms with van der Waals surface area (Å²) in [7, 11) is 0. The molecule has 4 rings (SSSR count). The van der Waals surface area contributed by atoms with Gasteiger partial charge in [0.1, 0.15) is 6.33 Å². The molecule has 0 radical (unpaired) electrons. The van der Waals surface area contributed by atoms with Gasteiger partial charge in [-0.2, -0.15) is 0 Å². The Morgan fingerprint density at radius 2 is 2.00 bits per heavy atom. The van der Waals surface area contributed by atoms with Crippen molar-refractivity contribution in [1.29, 1.82) is 0 Å². The summed E-state index contributed by atoms with van der Waals surface area (Å²) in [5, 5.41) is 6.33. The maximum absolute atomic E-state index is 12.9. The van der Waals surface area contributed by atoms with Crippen molar-refractivity contribution in [2.75, 3.05) is 19.9 Å². The van der Waals surface area contributed by atoms with Crippen LogP contribution in [-0.4, -0.2) is 45.3 Å². The average Bonchev–Trinajstić information content (AvgIpc) is 3.44. The average molecular weight is 422 g/mol. The molecule has 1 aliphatic rings. The van der Waals surface area contributed by atoms with Crippen LogP contribution in [0.1, 0.15) is 30.8 Å². The molecule has 2 N–H and O–H groups in total. The van der Waals surface area contributed by atoms with Crippen LogP contribution in [0.4, 0.5) is 0 Å². The molecule has 0 saturated heterocycles. The summed E-state index contributed by atoms with van der Waals surface area (Å²) in [6.45, 7) is 7.70. The molecule has 1 aromatic carbocycles. The monoisotopic (exact) mass is 422 g/mol. The number of hydrogen-bond acceptors (Lipinski definition) is 7. The fourth-order valence-electron chi connectivity index (χ4n) is 3.25. The quantitative estimate of drug-likeness (QED) is 0.534. The second-order valence-corrected chi connectivity index (χ2v) is 7.91. The number of rotatable bonds is 8. The Morgan fingerprint density at radius 1 is 1.16 bits per heavy atom. The molecular weight excluding hydrogens is 396 g/mol. The van der Waals surface area contributed by atoms with Crippen molar-refractivity contribution in [2.24, 2.45) is 0 Å². The lowest BCUT2D eigenvalue weighted by molar-refractivity contribution is -0.125. The number of benzene rings is 1. The molecule has 3 heterocycles. The number of aryl methyl sites for hydroxylation is 1. The highest BCUT2D eigenvalue weighted by atomic mass is 16.7. The van der Waals surface area contributed by atoms with E-state index in [0.717, 1.165) is 22.8 Å².